The third-order valence-corrected chi connectivity index (χ3v) is 2.26. The molecular weight excluding hydrogens is 130 g/mol. The first-order valence-corrected chi connectivity index (χ1v) is 3.53. The van der Waals surface area contributed by atoms with Gasteiger partial charge in [-0.05, 0) is 13.8 Å². The molecule has 2 heterocycles. The fourth-order valence-corrected chi connectivity index (χ4v) is 1.44. The molecule has 1 atom stereocenters. The Kier molecular flexibility index (Phi) is 1.06. The molecule has 0 aliphatic carbocycles. The summed E-state index contributed by atoms with van der Waals surface area (Å²) in [6.07, 6.45) is 0. The maximum Gasteiger partial charge on any atom is 0.128 e. The molecule has 10 heavy (non-hydrogen) atoms. The van der Waals surface area contributed by atoms with Crippen LogP contribution in [0.25, 0.3) is 0 Å². The fourth-order valence-electron chi connectivity index (χ4n) is 1.44. The lowest BCUT2D eigenvalue weighted by atomic mass is 9.91. The summed E-state index contributed by atoms with van der Waals surface area (Å²) < 4.78 is 5.50. The molecule has 0 saturated carbocycles. The molecule has 56 valence electrons. The van der Waals surface area contributed by atoms with Crippen LogP contribution in [0, 0.1) is 5.92 Å². The molecular formula is C7H11NO2. The van der Waals surface area contributed by atoms with Crippen LogP contribution in [0.2, 0.25) is 0 Å². The third-order valence-electron chi connectivity index (χ3n) is 2.26. The Labute approximate surface area is 60.0 Å². The van der Waals surface area contributed by atoms with Gasteiger partial charge in [-0.2, -0.15) is 0 Å². The Morgan fingerprint density at radius 1 is 1.60 bits per heavy atom. The number of hydrogen-bond donors (Lipinski definition) is 0. The molecule has 0 bridgehead atoms. The standard InChI is InChI=1S/C7H11NO2/c1-7(2)5-3-10-8-6(5)4-9-7/h5H,3-4H2,1-2H3. The van der Waals surface area contributed by atoms with Crippen LogP contribution in [-0.2, 0) is 9.57 Å². The Morgan fingerprint density at radius 3 is 3.10 bits per heavy atom. The van der Waals surface area contributed by atoms with Gasteiger partial charge in [0.2, 0.25) is 0 Å². The van der Waals surface area contributed by atoms with E-state index >= 15 is 0 Å². The summed E-state index contributed by atoms with van der Waals surface area (Å²) in [5.74, 6) is 0.396. The minimum atomic E-state index is -0.0602. The van der Waals surface area contributed by atoms with Gasteiger partial charge in [0, 0.05) is 0 Å². The van der Waals surface area contributed by atoms with Crippen LogP contribution in [0.4, 0.5) is 0 Å². The Hall–Kier alpha value is -0.570. The van der Waals surface area contributed by atoms with Gasteiger partial charge in [-0.25, -0.2) is 0 Å². The van der Waals surface area contributed by atoms with Crippen LogP contribution >= 0.6 is 0 Å². The summed E-state index contributed by atoms with van der Waals surface area (Å²) >= 11 is 0. The molecule has 2 aliphatic heterocycles. The van der Waals surface area contributed by atoms with Gasteiger partial charge >= 0.3 is 0 Å². The molecule has 0 aromatic rings. The van der Waals surface area contributed by atoms with E-state index in [1.807, 2.05) is 0 Å². The van der Waals surface area contributed by atoms with E-state index in [-0.39, 0.29) is 5.60 Å². The van der Waals surface area contributed by atoms with Crippen LogP contribution in [0.1, 0.15) is 13.8 Å². The molecule has 1 saturated heterocycles. The van der Waals surface area contributed by atoms with Gasteiger partial charge in [0.1, 0.15) is 6.61 Å². The SMILES string of the molecule is CC1(C)OCC2=NOCC21. The highest BCUT2D eigenvalue weighted by Gasteiger charge is 2.44. The van der Waals surface area contributed by atoms with E-state index in [0.29, 0.717) is 19.1 Å². The quantitative estimate of drug-likeness (QED) is 0.499. The zero-order chi connectivity index (χ0) is 7.19. The highest BCUT2D eigenvalue weighted by molar-refractivity contribution is 5.91. The Morgan fingerprint density at radius 2 is 2.40 bits per heavy atom. The highest BCUT2D eigenvalue weighted by atomic mass is 16.6. The summed E-state index contributed by atoms with van der Waals surface area (Å²) in [5, 5.41) is 3.88. The number of ether oxygens (including phenoxy) is 1. The molecule has 2 rings (SSSR count). The zero-order valence-electron chi connectivity index (χ0n) is 6.26. The molecule has 0 aromatic heterocycles. The summed E-state index contributed by atoms with van der Waals surface area (Å²) in [7, 11) is 0. The van der Waals surface area contributed by atoms with E-state index in [1.165, 1.54) is 0 Å². The molecule has 0 amide bonds. The minimum absolute atomic E-state index is 0.0602. The maximum absolute atomic E-state index is 5.50. The first-order valence-electron chi connectivity index (χ1n) is 3.53. The van der Waals surface area contributed by atoms with Gasteiger partial charge in [-0.3, -0.25) is 0 Å². The summed E-state index contributed by atoms with van der Waals surface area (Å²) in [4.78, 5) is 4.96. The number of fused-ring (bicyclic) bond motifs is 1. The first-order chi connectivity index (χ1) is 4.70. The average molecular weight is 141 g/mol. The van der Waals surface area contributed by atoms with Crippen molar-refractivity contribution in [2.75, 3.05) is 13.2 Å². The second-order valence-corrected chi connectivity index (χ2v) is 3.32. The van der Waals surface area contributed by atoms with Crippen molar-refractivity contribution >= 4 is 5.71 Å². The summed E-state index contributed by atoms with van der Waals surface area (Å²) in [6.45, 7) is 5.50. The van der Waals surface area contributed by atoms with E-state index in [1.54, 1.807) is 0 Å². The Balaban J connectivity index is 2.27. The third kappa shape index (κ3) is 0.669. The average Bonchev–Trinajstić information content (AvgIpc) is 2.36. The van der Waals surface area contributed by atoms with E-state index in [2.05, 4.69) is 19.0 Å². The van der Waals surface area contributed by atoms with E-state index < -0.39 is 0 Å². The van der Waals surface area contributed by atoms with Crippen molar-refractivity contribution in [1.29, 1.82) is 0 Å². The molecule has 0 N–H and O–H groups in total. The predicted molar refractivity (Wildman–Crippen MR) is 36.9 cm³/mol. The molecule has 3 nitrogen and oxygen atoms in total. The van der Waals surface area contributed by atoms with Crippen molar-refractivity contribution in [2.24, 2.45) is 11.1 Å². The molecule has 0 aromatic carbocycles. The number of hydrogen-bond acceptors (Lipinski definition) is 3. The predicted octanol–water partition coefficient (Wildman–Crippen LogP) is 0.798. The van der Waals surface area contributed by atoms with E-state index in [9.17, 15) is 0 Å². The largest absolute Gasteiger partial charge is 0.395 e. The number of nitrogens with zero attached hydrogens (tertiary/aromatic N) is 1. The van der Waals surface area contributed by atoms with Gasteiger partial charge in [0.05, 0.1) is 23.8 Å². The van der Waals surface area contributed by atoms with Gasteiger partial charge in [0.25, 0.3) is 0 Å². The Bertz CT molecular complexity index is 186. The smallest absolute Gasteiger partial charge is 0.128 e. The summed E-state index contributed by atoms with van der Waals surface area (Å²) in [5.41, 5.74) is 1.01. The topological polar surface area (TPSA) is 30.8 Å². The number of oxime groups is 1. The van der Waals surface area contributed by atoms with E-state index in [0.717, 1.165) is 5.71 Å². The van der Waals surface area contributed by atoms with Crippen LogP contribution in [0.5, 0.6) is 0 Å². The monoisotopic (exact) mass is 141 g/mol. The molecule has 1 unspecified atom stereocenters. The summed E-state index contributed by atoms with van der Waals surface area (Å²) in [6, 6.07) is 0. The van der Waals surface area contributed by atoms with Gasteiger partial charge in [0.15, 0.2) is 0 Å². The van der Waals surface area contributed by atoms with Crippen molar-refractivity contribution < 1.29 is 9.57 Å². The number of rotatable bonds is 0. The molecule has 3 heteroatoms. The van der Waals surface area contributed by atoms with Gasteiger partial charge < -0.3 is 9.57 Å². The second-order valence-electron chi connectivity index (χ2n) is 3.32. The lowest BCUT2D eigenvalue weighted by molar-refractivity contribution is -0.0128. The minimum Gasteiger partial charge on any atom is -0.395 e. The molecule has 0 radical (unpaired) electrons. The van der Waals surface area contributed by atoms with Crippen LogP contribution < -0.4 is 0 Å². The van der Waals surface area contributed by atoms with Gasteiger partial charge in [-0.15, -0.1) is 0 Å². The van der Waals surface area contributed by atoms with Crippen LogP contribution in [0.3, 0.4) is 0 Å². The molecule has 2 aliphatic rings. The van der Waals surface area contributed by atoms with Crippen LogP contribution in [0.15, 0.2) is 5.16 Å². The second kappa shape index (κ2) is 1.72. The fraction of sp³-hybridized carbons (Fsp3) is 0.857. The normalized spacial score (nSPS) is 35.0. The van der Waals surface area contributed by atoms with Crippen molar-refractivity contribution in [3.05, 3.63) is 0 Å². The zero-order valence-corrected chi connectivity index (χ0v) is 6.26. The van der Waals surface area contributed by atoms with Crippen molar-refractivity contribution in [1.82, 2.24) is 0 Å². The lowest BCUT2D eigenvalue weighted by Gasteiger charge is -2.21. The van der Waals surface area contributed by atoms with Crippen molar-refractivity contribution in [3.63, 3.8) is 0 Å². The molecule has 0 spiro atoms. The molecule has 1 fully saturated rings. The first kappa shape index (κ1) is 6.16. The van der Waals surface area contributed by atoms with E-state index in [4.69, 9.17) is 9.57 Å². The van der Waals surface area contributed by atoms with Crippen molar-refractivity contribution in [3.8, 4) is 0 Å². The maximum atomic E-state index is 5.50. The highest BCUT2D eigenvalue weighted by Crippen LogP contribution is 2.32. The lowest BCUT2D eigenvalue weighted by Crippen LogP contribution is -2.30. The van der Waals surface area contributed by atoms with Gasteiger partial charge in [-0.1, -0.05) is 5.16 Å². The van der Waals surface area contributed by atoms with Crippen LogP contribution in [-0.4, -0.2) is 24.5 Å². The van der Waals surface area contributed by atoms with Crippen molar-refractivity contribution in [2.45, 2.75) is 19.4 Å².